The Morgan fingerprint density at radius 3 is 2.83 bits per heavy atom. The Labute approximate surface area is 108 Å². The van der Waals surface area contributed by atoms with Crippen LogP contribution in [0.15, 0.2) is 41.8 Å². The minimum Gasteiger partial charge on any atom is -0.340 e. The van der Waals surface area contributed by atoms with Crippen LogP contribution in [0.5, 0.6) is 0 Å². The summed E-state index contributed by atoms with van der Waals surface area (Å²) in [5.74, 6) is 4.88. The second kappa shape index (κ2) is 5.99. The Hall–Kier alpha value is -2.12. The smallest absolute Gasteiger partial charge is 0.262 e. The molecule has 0 spiro atoms. The third-order valence-corrected chi connectivity index (χ3v) is 3.05. The summed E-state index contributed by atoms with van der Waals surface area (Å²) < 4.78 is 13.2. The maximum atomic E-state index is 13.2. The molecule has 0 aliphatic rings. The average molecular weight is 259 g/mol. The molecule has 0 aliphatic heterocycles. The van der Waals surface area contributed by atoms with Crippen molar-refractivity contribution < 1.29 is 9.18 Å². The van der Waals surface area contributed by atoms with Gasteiger partial charge in [-0.1, -0.05) is 30.0 Å². The molecule has 1 N–H and O–H groups in total. The van der Waals surface area contributed by atoms with E-state index in [4.69, 9.17) is 0 Å². The van der Waals surface area contributed by atoms with E-state index in [1.807, 2.05) is 11.4 Å². The molecular weight excluding hydrogens is 249 g/mol. The van der Waals surface area contributed by atoms with Gasteiger partial charge in [-0.15, -0.1) is 11.3 Å². The van der Waals surface area contributed by atoms with E-state index in [0.29, 0.717) is 10.4 Å². The number of halogens is 1. The molecule has 1 heterocycles. The standard InChI is InChI=1S/C14H10FNOS/c15-12-7-2-1-5-11(12)6-3-9-16-14(17)13-8-4-10-18-13/h1-2,4-5,7-8,10H,9H2,(H,16,17). The van der Waals surface area contributed by atoms with E-state index < -0.39 is 0 Å². The fraction of sp³-hybridized carbons (Fsp3) is 0.0714. The molecule has 1 aromatic heterocycles. The minimum atomic E-state index is -0.352. The van der Waals surface area contributed by atoms with Crippen LogP contribution in [0.25, 0.3) is 0 Å². The molecule has 0 saturated carbocycles. The Kier molecular flexibility index (Phi) is 4.11. The largest absolute Gasteiger partial charge is 0.340 e. The molecule has 0 atom stereocenters. The van der Waals surface area contributed by atoms with Gasteiger partial charge >= 0.3 is 0 Å². The number of hydrogen-bond donors (Lipinski definition) is 1. The van der Waals surface area contributed by atoms with E-state index in [0.717, 1.165) is 0 Å². The Morgan fingerprint density at radius 1 is 1.28 bits per heavy atom. The topological polar surface area (TPSA) is 29.1 Å². The van der Waals surface area contributed by atoms with Crippen LogP contribution >= 0.6 is 11.3 Å². The molecule has 2 aromatic rings. The monoisotopic (exact) mass is 259 g/mol. The molecule has 0 saturated heterocycles. The summed E-state index contributed by atoms with van der Waals surface area (Å²) in [4.78, 5) is 12.2. The molecule has 2 nitrogen and oxygen atoms in total. The van der Waals surface area contributed by atoms with Crippen molar-refractivity contribution in [2.24, 2.45) is 0 Å². The Bertz CT molecular complexity index is 596. The van der Waals surface area contributed by atoms with Gasteiger partial charge in [0.15, 0.2) is 0 Å². The fourth-order valence-electron chi connectivity index (χ4n) is 1.32. The maximum Gasteiger partial charge on any atom is 0.262 e. The lowest BCUT2D eigenvalue weighted by Gasteiger charge is -1.96. The van der Waals surface area contributed by atoms with Gasteiger partial charge in [-0.3, -0.25) is 4.79 Å². The molecule has 0 bridgehead atoms. The minimum absolute atomic E-state index is 0.159. The van der Waals surface area contributed by atoms with Gasteiger partial charge in [0.25, 0.3) is 5.91 Å². The van der Waals surface area contributed by atoms with Gasteiger partial charge in [-0.05, 0) is 23.6 Å². The number of hydrogen-bond acceptors (Lipinski definition) is 2. The van der Waals surface area contributed by atoms with E-state index in [1.54, 1.807) is 24.3 Å². The summed E-state index contributed by atoms with van der Waals surface area (Å²) in [6.07, 6.45) is 0. The van der Waals surface area contributed by atoms with Gasteiger partial charge in [-0.25, -0.2) is 4.39 Å². The zero-order valence-electron chi connectivity index (χ0n) is 9.44. The number of amides is 1. The first-order valence-electron chi connectivity index (χ1n) is 5.32. The molecule has 18 heavy (non-hydrogen) atoms. The predicted octanol–water partition coefficient (Wildman–Crippen LogP) is 2.67. The summed E-state index contributed by atoms with van der Waals surface area (Å²) in [5, 5.41) is 4.48. The molecule has 1 aromatic carbocycles. The molecule has 0 radical (unpaired) electrons. The number of benzene rings is 1. The maximum absolute atomic E-state index is 13.2. The van der Waals surface area contributed by atoms with E-state index >= 15 is 0 Å². The van der Waals surface area contributed by atoms with E-state index in [1.165, 1.54) is 17.4 Å². The second-order valence-electron chi connectivity index (χ2n) is 3.44. The lowest BCUT2D eigenvalue weighted by Crippen LogP contribution is -2.22. The summed E-state index contributed by atoms with van der Waals surface area (Å²) in [6, 6.07) is 9.84. The second-order valence-corrected chi connectivity index (χ2v) is 4.39. The number of carbonyl (C=O) groups excluding carboxylic acids is 1. The molecule has 4 heteroatoms. The normalized spacial score (nSPS) is 9.39. The van der Waals surface area contributed by atoms with Crippen LogP contribution in [-0.2, 0) is 0 Å². The zero-order chi connectivity index (χ0) is 12.8. The first kappa shape index (κ1) is 12.3. The van der Waals surface area contributed by atoms with Crippen LogP contribution in [0.4, 0.5) is 4.39 Å². The van der Waals surface area contributed by atoms with Crippen LogP contribution in [0.2, 0.25) is 0 Å². The van der Waals surface area contributed by atoms with Crippen LogP contribution in [0.1, 0.15) is 15.2 Å². The van der Waals surface area contributed by atoms with Gasteiger partial charge in [-0.2, -0.15) is 0 Å². The summed E-state index contributed by atoms with van der Waals surface area (Å²) >= 11 is 1.37. The molecule has 0 unspecified atom stereocenters. The molecule has 2 rings (SSSR count). The van der Waals surface area contributed by atoms with Gasteiger partial charge in [0.2, 0.25) is 0 Å². The first-order chi connectivity index (χ1) is 8.77. The predicted molar refractivity (Wildman–Crippen MR) is 69.9 cm³/mol. The summed E-state index contributed by atoms with van der Waals surface area (Å²) in [6.45, 7) is 0.199. The van der Waals surface area contributed by atoms with Crippen molar-refractivity contribution >= 4 is 17.2 Å². The fourth-order valence-corrected chi connectivity index (χ4v) is 1.96. The highest BCUT2D eigenvalue weighted by Crippen LogP contribution is 2.07. The summed E-state index contributed by atoms with van der Waals surface area (Å²) in [7, 11) is 0. The van der Waals surface area contributed by atoms with Crippen molar-refractivity contribution in [3.8, 4) is 11.8 Å². The van der Waals surface area contributed by atoms with Crippen LogP contribution in [0, 0.1) is 17.7 Å². The zero-order valence-corrected chi connectivity index (χ0v) is 10.3. The first-order valence-corrected chi connectivity index (χ1v) is 6.20. The summed E-state index contributed by atoms with van der Waals surface area (Å²) in [5.41, 5.74) is 0.336. The van der Waals surface area contributed by atoms with Crippen molar-refractivity contribution in [2.45, 2.75) is 0 Å². The lowest BCUT2D eigenvalue weighted by molar-refractivity contribution is 0.0962. The van der Waals surface area contributed by atoms with Crippen molar-refractivity contribution in [3.63, 3.8) is 0 Å². The van der Waals surface area contributed by atoms with Crippen LogP contribution in [-0.4, -0.2) is 12.5 Å². The number of thiophene rings is 1. The average Bonchev–Trinajstić information content (AvgIpc) is 2.90. The third kappa shape index (κ3) is 3.19. The SMILES string of the molecule is O=C(NCC#Cc1ccccc1F)c1cccs1. The van der Waals surface area contributed by atoms with Crippen molar-refractivity contribution in [1.82, 2.24) is 5.32 Å². The van der Waals surface area contributed by atoms with E-state index in [-0.39, 0.29) is 18.3 Å². The Morgan fingerprint density at radius 2 is 2.11 bits per heavy atom. The van der Waals surface area contributed by atoms with Gasteiger partial charge in [0, 0.05) is 0 Å². The van der Waals surface area contributed by atoms with Crippen molar-refractivity contribution in [2.75, 3.05) is 6.54 Å². The number of rotatable bonds is 2. The molecule has 90 valence electrons. The molecular formula is C14H10FNOS. The lowest BCUT2D eigenvalue weighted by atomic mass is 10.2. The van der Waals surface area contributed by atoms with Crippen molar-refractivity contribution in [1.29, 1.82) is 0 Å². The van der Waals surface area contributed by atoms with Crippen LogP contribution in [0.3, 0.4) is 0 Å². The highest BCUT2D eigenvalue weighted by molar-refractivity contribution is 7.12. The molecule has 0 aliphatic carbocycles. The number of carbonyl (C=O) groups is 1. The molecule has 1 amide bonds. The quantitative estimate of drug-likeness (QED) is 0.825. The highest BCUT2D eigenvalue weighted by atomic mass is 32.1. The van der Waals surface area contributed by atoms with Crippen LogP contribution < -0.4 is 5.32 Å². The van der Waals surface area contributed by atoms with Gasteiger partial charge < -0.3 is 5.32 Å². The van der Waals surface area contributed by atoms with Gasteiger partial charge in [0.05, 0.1) is 17.0 Å². The highest BCUT2D eigenvalue weighted by Gasteiger charge is 2.03. The number of nitrogens with one attached hydrogen (secondary N) is 1. The molecule has 0 fully saturated rings. The third-order valence-electron chi connectivity index (χ3n) is 2.18. The van der Waals surface area contributed by atoms with Gasteiger partial charge in [0.1, 0.15) is 5.82 Å². The van der Waals surface area contributed by atoms with E-state index in [9.17, 15) is 9.18 Å². The van der Waals surface area contributed by atoms with Crippen molar-refractivity contribution in [3.05, 3.63) is 58.0 Å². The Balaban J connectivity index is 1.90. The van der Waals surface area contributed by atoms with E-state index in [2.05, 4.69) is 17.2 Å².